The highest BCUT2D eigenvalue weighted by Gasteiger charge is 2.15. The van der Waals surface area contributed by atoms with Gasteiger partial charge in [0.25, 0.3) is 5.91 Å². The fourth-order valence-electron chi connectivity index (χ4n) is 3.30. The van der Waals surface area contributed by atoms with Gasteiger partial charge in [0.05, 0.1) is 36.1 Å². The molecule has 180 valence electrons. The maximum absolute atomic E-state index is 13.0. The van der Waals surface area contributed by atoms with Crippen LogP contribution in [0.2, 0.25) is 0 Å². The van der Waals surface area contributed by atoms with E-state index in [1.807, 2.05) is 0 Å². The van der Waals surface area contributed by atoms with Gasteiger partial charge in [0.15, 0.2) is 4.80 Å². The van der Waals surface area contributed by atoms with E-state index in [1.54, 1.807) is 54.0 Å². The van der Waals surface area contributed by atoms with E-state index in [1.165, 1.54) is 18.4 Å². The van der Waals surface area contributed by atoms with Crippen molar-refractivity contribution >= 4 is 39.4 Å². The molecular weight excluding hydrogens is 456 g/mol. The minimum Gasteiger partial charge on any atom is -0.494 e. The Morgan fingerprint density at radius 1 is 1.03 bits per heavy atom. The number of esters is 2. The van der Waals surface area contributed by atoms with Crippen LogP contribution < -0.4 is 9.54 Å². The van der Waals surface area contributed by atoms with E-state index in [-0.39, 0.29) is 13.2 Å². The molecule has 0 saturated carbocycles. The van der Waals surface area contributed by atoms with Gasteiger partial charge in [-0.05, 0) is 49.7 Å². The molecule has 1 amide bonds. The van der Waals surface area contributed by atoms with Gasteiger partial charge in [-0.25, -0.2) is 4.79 Å². The average molecular weight is 485 g/mol. The number of hydrogen-bond acceptors (Lipinski definition) is 7. The predicted molar refractivity (Wildman–Crippen MR) is 129 cm³/mol. The maximum atomic E-state index is 13.0. The van der Waals surface area contributed by atoms with Crippen LogP contribution in [-0.4, -0.2) is 42.7 Å². The number of aromatic nitrogens is 1. The van der Waals surface area contributed by atoms with Gasteiger partial charge in [-0.2, -0.15) is 4.99 Å². The summed E-state index contributed by atoms with van der Waals surface area (Å²) in [6.07, 6.45) is 3.13. The molecule has 0 saturated heterocycles. The topological polar surface area (TPSA) is 96.2 Å². The van der Waals surface area contributed by atoms with Gasteiger partial charge in [0.1, 0.15) is 12.3 Å². The second-order valence-electron chi connectivity index (χ2n) is 7.45. The van der Waals surface area contributed by atoms with Crippen molar-refractivity contribution in [1.29, 1.82) is 0 Å². The molecule has 3 rings (SSSR count). The van der Waals surface area contributed by atoms with Crippen molar-refractivity contribution in [3.05, 3.63) is 58.4 Å². The van der Waals surface area contributed by atoms with E-state index < -0.39 is 17.8 Å². The molecular formula is C25H28N2O6S. The first-order valence-corrected chi connectivity index (χ1v) is 12.0. The van der Waals surface area contributed by atoms with E-state index in [0.717, 1.165) is 19.3 Å². The van der Waals surface area contributed by atoms with Gasteiger partial charge in [-0.15, -0.1) is 0 Å². The molecule has 0 aliphatic rings. The van der Waals surface area contributed by atoms with Gasteiger partial charge in [-0.1, -0.05) is 37.2 Å². The van der Waals surface area contributed by atoms with E-state index >= 15 is 0 Å². The number of carbonyl (C=O) groups is 3. The highest BCUT2D eigenvalue weighted by atomic mass is 32.1. The summed E-state index contributed by atoms with van der Waals surface area (Å²) >= 11 is 1.20. The highest BCUT2D eigenvalue weighted by Crippen LogP contribution is 2.21. The zero-order valence-corrected chi connectivity index (χ0v) is 20.4. The van der Waals surface area contributed by atoms with E-state index in [2.05, 4.69) is 11.9 Å². The second-order valence-corrected chi connectivity index (χ2v) is 8.46. The molecule has 0 aliphatic carbocycles. The predicted octanol–water partition coefficient (Wildman–Crippen LogP) is 4.36. The largest absolute Gasteiger partial charge is 0.494 e. The highest BCUT2D eigenvalue weighted by molar-refractivity contribution is 7.16. The molecule has 0 atom stereocenters. The van der Waals surface area contributed by atoms with Crippen LogP contribution in [0.5, 0.6) is 5.75 Å². The quantitative estimate of drug-likeness (QED) is 0.313. The third-order valence-electron chi connectivity index (χ3n) is 4.99. The molecule has 0 spiro atoms. The Hall–Kier alpha value is -3.46. The van der Waals surface area contributed by atoms with Gasteiger partial charge in [0.2, 0.25) is 0 Å². The molecule has 0 unspecified atom stereocenters. The van der Waals surface area contributed by atoms with Crippen molar-refractivity contribution in [2.45, 2.75) is 39.7 Å². The summed E-state index contributed by atoms with van der Waals surface area (Å²) in [6.45, 7) is 4.56. The standard InChI is InChI=1S/C25H28N2O6S/c1-4-6-7-13-33-19-10-8-9-17(14-19)23(29)26-25-27(16-22(28)32-5-2)20-12-11-18(24(30)31-3)15-21(20)34-25/h8-12,14-15H,4-7,13,16H2,1-3H3. The van der Waals surface area contributed by atoms with Crippen LogP contribution in [0.4, 0.5) is 0 Å². The number of rotatable bonds is 10. The average Bonchev–Trinajstić information content (AvgIpc) is 3.17. The molecule has 0 bridgehead atoms. The van der Waals surface area contributed by atoms with Gasteiger partial charge in [-0.3, -0.25) is 9.59 Å². The third kappa shape index (κ3) is 6.32. The summed E-state index contributed by atoms with van der Waals surface area (Å²) in [7, 11) is 1.31. The maximum Gasteiger partial charge on any atom is 0.337 e. The molecule has 0 fully saturated rings. The normalized spacial score (nSPS) is 11.4. The Labute approximate surface area is 201 Å². The molecule has 2 aromatic carbocycles. The summed E-state index contributed by atoms with van der Waals surface area (Å²) in [5.74, 6) is -0.778. The molecule has 3 aromatic rings. The molecule has 9 heteroatoms. The number of unbranched alkanes of at least 4 members (excludes halogenated alkanes) is 2. The van der Waals surface area contributed by atoms with E-state index in [9.17, 15) is 14.4 Å². The molecule has 1 aromatic heterocycles. The number of fused-ring (bicyclic) bond motifs is 1. The number of amides is 1. The van der Waals surface area contributed by atoms with Crippen LogP contribution in [-0.2, 0) is 20.8 Å². The van der Waals surface area contributed by atoms with Gasteiger partial charge in [0, 0.05) is 5.56 Å². The molecule has 0 aliphatic heterocycles. The second kappa shape index (κ2) is 12.1. The van der Waals surface area contributed by atoms with Gasteiger partial charge < -0.3 is 18.8 Å². The van der Waals surface area contributed by atoms with Crippen molar-refractivity contribution in [1.82, 2.24) is 4.57 Å². The number of ether oxygens (including phenoxy) is 3. The summed E-state index contributed by atoms with van der Waals surface area (Å²) < 4.78 is 17.9. The minimum absolute atomic E-state index is 0.113. The van der Waals surface area contributed by atoms with Crippen LogP contribution in [0.15, 0.2) is 47.5 Å². The number of benzene rings is 2. The first-order valence-electron chi connectivity index (χ1n) is 11.2. The van der Waals surface area contributed by atoms with Crippen LogP contribution in [0.25, 0.3) is 10.2 Å². The van der Waals surface area contributed by atoms with Crippen molar-refractivity contribution in [2.75, 3.05) is 20.3 Å². The van der Waals surface area contributed by atoms with E-state index in [4.69, 9.17) is 14.2 Å². The monoisotopic (exact) mass is 484 g/mol. The SMILES string of the molecule is CCCCCOc1cccc(C(=O)N=c2sc3cc(C(=O)OC)ccc3n2CC(=O)OCC)c1. The van der Waals surface area contributed by atoms with E-state index in [0.29, 0.717) is 38.5 Å². The van der Waals surface area contributed by atoms with Crippen LogP contribution in [0.1, 0.15) is 53.8 Å². The zero-order valence-electron chi connectivity index (χ0n) is 19.5. The number of hydrogen-bond donors (Lipinski definition) is 0. The molecule has 1 heterocycles. The van der Waals surface area contributed by atoms with Crippen molar-refractivity contribution in [2.24, 2.45) is 4.99 Å². The number of methoxy groups -OCH3 is 1. The summed E-state index contributed by atoms with van der Waals surface area (Å²) in [4.78, 5) is 41.7. The van der Waals surface area contributed by atoms with Crippen LogP contribution in [0, 0.1) is 0 Å². The Balaban J connectivity index is 1.97. The lowest BCUT2D eigenvalue weighted by molar-refractivity contribution is -0.143. The molecule has 34 heavy (non-hydrogen) atoms. The fraction of sp³-hybridized carbons (Fsp3) is 0.360. The van der Waals surface area contributed by atoms with Crippen molar-refractivity contribution in [3.63, 3.8) is 0 Å². The fourth-order valence-corrected chi connectivity index (χ4v) is 4.37. The molecule has 0 N–H and O–H groups in total. The van der Waals surface area contributed by atoms with Crippen LogP contribution >= 0.6 is 11.3 Å². The lowest BCUT2D eigenvalue weighted by atomic mass is 10.2. The van der Waals surface area contributed by atoms with Crippen molar-refractivity contribution < 1.29 is 28.6 Å². The first kappa shape index (κ1) is 25.2. The summed E-state index contributed by atoms with van der Waals surface area (Å²) in [5.41, 5.74) is 1.40. The first-order chi connectivity index (χ1) is 16.5. The molecule has 8 nitrogen and oxygen atoms in total. The van der Waals surface area contributed by atoms with Gasteiger partial charge >= 0.3 is 11.9 Å². The lowest BCUT2D eigenvalue weighted by Gasteiger charge is -2.07. The Morgan fingerprint density at radius 3 is 2.59 bits per heavy atom. The third-order valence-corrected chi connectivity index (χ3v) is 6.03. The number of thiazole rings is 1. The summed E-state index contributed by atoms with van der Waals surface area (Å²) in [5, 5.41) is 0. The number of nitrogens with zero attached hydrogens (tertiary/aromatic N) is 2. The van der Waals surface area contributed by atoms with Crippen LogP contribution in [0.3, 0.4) is 0 Å². The lowest BCUT2D eigenvalue weighted by Crippen LogP contribution is -2.23. The smallest absolute Gasteiger partial charge is 0.337 e. The minimum atomic E-state index is -0.474. The number of carbonyl (C=O) groups excluding carboxylic acids is 3. The Bertz CT molecular complexity index is 1240. The Kier molecular flexibility index (Phi) is 8.98. The summed E-state index contributed by atoms with van der Waals surface area (Å²) in [6, 6.07) is 11.8. The Morgan fingerprint density at radius 2 is 1.85 bits per heavy atom. The van der Waals surface area contributed by atoms with Crippen molar-refractivity contribution in [3.8, 4) is 5.75 Å². The zero-order chi connectivity index (χ0) is 24.5. The molecule has 0 radical (unpaired) electrons.